The summed E-state index contributed by atoms with van der Waals surface area (Å²) in [5.41, 5.74) is 8.07. The quantitative estimate of drug-likeness (QED) is 0.398. The lowest BCUT2D eigenvalue weighted by molar-refractivity contribution is 0.454. The number of rotatable bonds is 6. The van der Waals surface area contributed by atoms with E-state index in [1.807, 2.05) is 6.92 Å². The second-order valence-electron chi connectivity index (χ2n) is 10.3. The summed E-state index contributed by atoms with van der Waals surface area (Å²) in [6, 6.07) is 4.72. The van der Waals surface area contributed by atoms with E-state index in [-0.39, 0.29) is 5.82 Å². The molecule has 0 N–H and O–H groups in total. The standard InChI is InChI=1S/C31H38FN3/c1-7-23-11-9-12-25-21(5)20(4)10-8-13-26(25)31(23)35-28(19(2)3)16-17-30-33-22(6)27-18-24(32)14-15-29(27)34-30/h8-9,12-15,18-21H,7,10-11,16-17H2,1-6H3. The Balaban J connectivity index is 1.70. The molecule has 0 saturated carbocycles. The predicted molar refractivity (Wildman–Crippen MR) is 145 cm³/mol. The molecule has 0 bridgehead atoms. The molecule has 1 aromatic carbocycles. The van der Waals surface area contributed by atoms with Crippen molar-refractivity contribution in [3.05, 3.63) is 82.3 Å². The molecule has 0 amide bonds. The first-order valence-electron chi connectivity index (χ1n) is 13.1. The van der Waals surface area contributed by atoms with Crippen LogP contribution in [0.2, 0.25) is 0 Å². The van der Waals surface area contributed by atoms with Crippen molar-refractivity contribution in [3.8, 4) is 0 Å². The Morgan fingerprint density at radius 3 is 2.69 bits per heavy atom. The molecule has 35 heavy (non-hydrogen) atoms. The number of allylic oxidation sites excluding steroid dienone is 6. The first kappa shape index (κ1) is 25.2. The second kappa shape index (κ2) is 10.8. The van der Waals surface area contributed by atoms with E-state index in [1.54, 1.807) is 6.07 Å². The van der Waals surface area contributed by atoms with Crippen molar-refractivity contribution in [2.45, 2.75) is 73.6 Å². The number of nitrogens with zero attached hydrogens (tertiary/aromatic N) is 3. The topological polar surface area (TPSA) is 38.1 Å². The molecule has 2 aromatic rings. The average Bonchev–Trinajstić information content (AvgIpc) is 3.08. The molecule has 2 unspecified atom stereocenters. The molecule has 3 nitrogen and oxygen atoms in total. The minimum absolute atomic E-state index is 0.256. The molecule has 2 atom stereocenters. The Bertz CT molecular complexity index is 1260. The van der Waals surface area contributed by atoms with Gasteiger partial charge in [-0.1, -0.05) is 58.9 Å². The highest BCUT2D eigenvalue weighted by Crippen LogP contribution is 2.38. The number of hydrogen-bond acceptors (Lipinski definition) is 3. The average molecular weight is 472 g/mol. The van der Waals surface area contributed by atoms with Crippen LogP contribution in [-0.2, 0) is 6.42 Å². The van der Waals surface area contributed by atoms with E-state index < -0.39 is 0 Å². The monoisotopic (exact) mass is 471 g/mol. The molecule has 4 rings (SSSR count). The van der Waals surface area contributed by atoms with Gasteiger partial charge >= 0.3 is 0 Å². The van der Waals surface area contributed by atoms with Crippen LogP contribution >= 0.6 is 0 Å². The molecule has 2 aliphatic carbocycles. The van der Waals surface area contributed by atoms with Crippen LogP contribution in [0.1, 0.15) is 71.8 Å². The van der Waals surface area contributed by atoms with Crippen molar-refractivity contribution in [2.24, 2.45) is 22.7 Å². The molecule has 2 aliphatic rings. The molecular weight excluding hydrogens is 433 g/mol. The number of aryl methyl sites for hydroxylation is 2. The summed E-state index contributed by atoms with van der Waals surface area (Å²) in [4.78, 5) is 14.8. The maximum Gasteiger partial charge on any atom is 0.129 e. The Kier molecular flexibility index (Phi) is 7.78. The number of aliphatic imine (C=N–C) groups is 1. The maximum atomic E-state index is 13.7. The van der Waals surface area contributed by atoms with Crippen LogP contribution in [-0.4, -0.2) is 15.7 Å². The molecule has 0 fully saturated rings. The minimum atomic E-state index is -0.256. The van der Waals surface area contributed by atoms with Crippen LogP contribution in [0.15, 0.2) is 69.9 Å². The highest BCUT2D eigenvalue weighted by molar-refractivity contribution is 5.88. The number of hydrogen-bond donors (Lipinski definition) is 0. The molecule has 184 valence electrons. The van der Waals surface area contributed by atoms with E-state index in [0.29, 0.717) is 24.2 Å². The normalized spacial score (nSPS) is 21.1. The van der Waals surface area contributed by atoms with Gasteiger partial charge in [-0.15, -0.1) is 0 Å². The summed E-state index contributed by atoms with van der Waals surface area (Å²) >= 11 is 0. The summed E-state index contributed by atoms with van der Waals surface area (Å²) in [6.07, 6.45) is 13.9. The third-order valence-corrected chi connectivity index (χ3v) is 7.55. The lowest BCUT2D eigenvalue weighted by Gasteiger charge is -2.21. The van der Waals surface area contributed by atoms with E-state index in [4.69, 9.17) is 9.98 Å². The highest BCUT2D eigenvalue weighted by atomic mass is 19.1. The first-order valence-corrected chi connectivity index (χ1v) is 13.1. The van der Waals surface area contributed by atoms with E-state index in [2.05, 4.69) is 63.9 Å². The Labute approximate surface area is 209 Å². The number of fused-ring (bicyclic) bond motifs is 1. The molecule has 0 aliphatic heterocycles. The van der Waals surface area contributed by atoms with Crippen LogP contribution in [0, 0.1) is 30.5 Å². The van der Waals surface area contributed by atoms with Gasteiger partial charge in [0.2, 0.25) is 0 Å². The van der Waals surface area contributed by atoms with E-state index in [9.17, 15) is 4.39 Å². The van der Waals surface area contributed by atoms with Gasteiger partial charge in [0.25, 0.3) is 0 Å². The summed E-state index contributed by atoms with van der Waals surface area (Å²) in [7, 11) is 0. The van der Waals surface area contributed by atoms with Crippen molar-refractivity contribution in [1.82, 2.24) is 9.97 Å². The van der Waals surface area contributed by atoms with Gasteiger partial charge in [0.1, 0.15) is 11.6 Å². The number of benzene rings is 1. The molecule has 1 aromatic heterocycles. The minimum Gasteiger partial charge on any atom is -0.257 e. The zero-order valence-corrected chi connectivity index (χ0v) is 22.0. The van der Waals surface area contributed by atoms with Crippen molar-refractivity contribution in [2.75, 3.05) is 0 Å². The van der Waals surface area contributed by atoms with Crippen molar-refractivity contribution >= 4 is 16.6 Å². The lowest BCUT2D eigenvalue weighted by Crippen LogP contribution is -2.13. The molecular formula is C31H38FN3. The molecule has 0 saturated heterocycles. The summed E-state index contributed by atoms with van der Waals surface area (Å²) < 4.78 is 13.7. The molecule has 0 spiro atoms. The largest absolute Gasteiger partial charge is 0.257 e. The fraction of sp³-hybridized carbons (Fsp3) is 0.452. The lowest BCUT2D eigenvalue weighted by atomic mass is 9.85. The van der Waals surface area contributed by atoms with Gasteiger partial charge in [0, 0.05) is 28.8 Å². The first-order chi connectivity index (χ1) is 16.8. The summed E-state index contributed by atoms with van der Waals surface area (Å²) in [6.45, 7) is 13.3. The van der Waals surface area contributed by atoms with Crippen LogP contribution in [0.4, 0.5) is 4.39 Å². The predicted octanol–water partition coefficient (Wildman–Crippen LogP) is 8.26. The fourth-order valence-electron chi connectivity index (χ4n) is 5.06. The van der Waals surface area contributed by atoms with Gasteiger partial charge in [-0.3, -0.25) is 4.99 Å². The van der Waals surface area contributed by atoms with Crippen LogP contribution in [0.3, 0.4) is 0 Å². The third kappa shape index (κ3) is 5.52. The van der Waals surface area contributed by atoms with Gasteiger partial charge in [-0.05, 0) is 79.7 Å². The second-order valence-corrected chi connectivity index (χ2v) is 10.3. The molecule has 0 radical (unpaired) electrons. The van der Waals surface area contributed by atoms with Gasteiger partial charge in [0.05, 0.1) is 11.2 Å². The van der Waals surface area contributed by atoms with Gasteiger partial charge < -0.3 is 0 Å². The Morgan fingerprint density at radius 1 is 1.14 bits per heavy atom. The smallest absolute Gasteiger partial charge is 0.129 e. The molecule has 1 heterocycles. The van der Waals surface area contributed by atoms with Gasteiger partial charge in [0.15, 0.2) is 0 Å². The van der Waals surface area contributed by atoms with Crippen molar-refractivity contribution in [1.29, 1.82) is 0 Å². The highest BCUT2D eigenvalue weighted by Gasteiger charge is 2.24. The molecule has 4 heteroatoms. The SMILES string of the molecule is CCC1=C(N=C(CCc2nc(C)c3cc(F)ccc3n2)C(C)C)C2=C(C=CC1)C(C)C(C)CC=C2. The summed E-state index contributed by atoms with van der Waals surface area (Å²) in [5, 5.41) is 0.776. The maximum absolute atomic E-state index is 13.7. The van der Waals surface area contributed by atoms with E-state index >= 15 is 0 Å². The van der Waals surface area contributed by atoms with E-state index in [1.165, 1.54) is 40.3 Å². The number of aromatic nitrogens is 2. The van der Waals surface area contributed by atoms with Crippen LogP contribution in [0.25, 0.3) is 10.9 Å². The summed E-state index contributed by atoms with van der Waals surface area (Å²) in [5.74, 6) is 1.97. The fourth-order valence-corrected chi connectivity index (χ4v) is 5.06. The van der Waals surface area contributed by atoms with Crippen molar-refractivity contribution in [3.63, 3.8) is 0 Å². The van der Waals surface area contributed by atoms with E-state index in [0.717, 1.165) is 48.1 Å². The Hall–Kier alpha value is -2.88. The Morgan fingerprint density at radius 2 is 1.94 bits per heavy atom. The zero-order chi connectivity index (χ0) is 25.1. The van der Waals surface area contributed by atoms with Crippen LogP contribution in [0.5, 0.6) is 0 Å². The van der Waals surface area contributed by atoms with Gasteiger partial charge in [-0.2, -0.15) is 0 Å². The third-order valence-electron chi connectivity index (χ3n) is 7.55. The zero-order valence-electron chi connectivity index (χ0n) is 22.0. The number of halogens is 1. The van der Waals surface area contributed by atoms with Crippen molar-refractivity contribution < 1.29 is 4.39 Å². The van der Waals surface area contributed by atoms with Crippen LogP contribution < -0.4 is 0 Å². The van der Waals surface area contributed by atoms with Gasteiger partial charge in [-0.25, -0.2) is 14.4 Å².